The number of primary amides is 1. The number of carboxylic acids is 1. The minimum atomic E-state index is -1.48. The lowest BCUT2D eigenvalue weighted by Gasteiger charge is -2.30. The van der Waals surface area contributed by atoms with Gasteiger partial charge in [-0.1, -0.05) is 88.4 Å². The molecule has 60 heavy (non-hydrogen) atoms. The maximum Gasteiger partial charge on any atom is 0.303 e. The number of hydrogen-bond acceptors (Lipinski definition) is 10. The zero-order chi connectivity index (χ0) is 44.4. The number of carboxylic acid groups (broad SMARTS) is 1. The van der Waals surface area contributed by atoms with Gasteiger partial charge in [0.25, 0.3) is 0 Å². The number of hydrogen-bond donors (Lipinski definition) is 10. The molecular formula is C42H60N8O10. The summed E-state index contributed by atoms with van der Waals surface area (Å²) in [6, 6.07) is 7.52. The Bertz CT molecular complexity index is 1790. The second kappa shape index (κ2) is 24.1. The summed E-state index contributed by atoms with van der Waals surface area (Å²) in [4.78, 5) is 104. The number of rotatable bonds is 23. The van der Waals surface area contributed by atoms with Gasteiger partial charge >= 0.3 is 5.97 Å². The summed E-state index contributed by atoms with van der Waals surface area (Å²) in [5, 5.41) is 34.5. The Morgan fingerprint density at radius 3 is 1.85 bits per heavy atom. The van der Waals surface area contributed by atoms with E-state index in [0.29, 0.717) is 17.5 Å². The van der Waals surface area contributed by atoms with Crippen LogP contribution in [0.3, 0.4) is 0 Å². The summed E-state index contributed by atoms with van der Waals surface area (Å²) in [7, 11) is 0. The van der Waals surface area contributed by atoms with Crippen LogP contribution >= 0.6 is 0 Å². The second-order valence-electron chi connectivity index (χ2n) is 15.7. The van der Waals surface area contributed by atoms with Crippen LogP contribution in [-0.4, -0.2) is 100 Å². The van der Waals surface area contributed by atoms with Crippen molar-refractivity contribution in [2.45, 2.75) is 121 Å². The van der Waals surface area contributed by atoms with Gasteiger partial charge in [0.05, 0.1) is 12.6 Å². The number of nitrogens with two attached hydrogens (primary N) is 2. The molecule has 0 saturated heterocycles. The molecular weight excluding hydrogens is 777 g/mol. The lowest BCUT2D eigenvalue weighted by atomic mass is 9.84. The SMILES string of the molecule is CC(C)[C@H](NC(=O)[C@H](CCC(=O)O)NC(=O)[C@H](Cc1ccccc1)NC(=O)[C@@H](C)NC(=O)[C@@H](N)Cc1ccc(O)cc1)C(=O)N[C@@H](CC1CCCCC1)C(=O)NCC(N)=O. The molecule has 6 atom stereocenters. The molecule has 1 saturated carbocycles. The normalized spacial score (nSPS) is 15.8. The molecule has 0 heterocycles. The summed E-state index contributed by atoms with van der Waals surface area (Å²) in [6.07, 6.45) is 4.20. The minimum absolute atomic E-state index is 0.0493. The second-order valence-corrected chi connectivity index (χ2v) is 15.7. The van der Waals surface area contributed by atoms with Gasteiger partial charge in [0.2, 0.25) is 41.4 Å². The number of phenols is 1. The highest BCUT2D eigenvalue weighted by Crippen LogP contribution is 2.27. The number of phenolic OH excluding ortho intramolecular Hbond substituents is 1. The Morgan fingerprint density at radius 2 is 1.25 bits per heavy atom. The zero-order valence-electron chi connectivity index (χ0n) is 34.4. The minimum Gasteiger partial charge on any atom is -0.508 e. The van der Waals surface area contributed by atoms with Crippen LogP contribution in [0.1, 0.15) is 83.3 Å². The van der Waals surface area contributed by atoms with E-state index >= 15 is 0 Å². The van der Waals surface area contributed by atoms with Gasteiger partial charge in [0.1, 0.15) is 36.0 Å². The first-order valence-electron chi connectivity index (χ1n) is 20.3. The predicted molar refractivity (Wildman–Crippen MR) is 220 cm³/mol. The molecule has 18 heteroatoms. The van der Waals surface area contributed by atoms with E-state index in [1.807, 2.05) is 0 Å². The first kappa shape index (κ1) is 48.3. The lowest BCUT2D eigenvalue weighted by Crippen LogP contribution is -2.60. The fraction of sp³-hybridized carbons (Fsp3) is 0.524. The average molecular weight is 837 g/mol. The van der Waals surface area contributed by atoms with E-state index in [2.05, 4.69) is 31.9 Å². The van der Waals surface area contributed by atoms with Crippen LogP contribution < -0.4 is 43.4 Å². The number of carbonyl (C=O) groups excluding carboxylic acids is 7. The standard InChI is InChI=1S/C42H60N8O10/c1-24(2)36(42(60)49-32(39(57)45-23-34(44)52)21-26-10-6-4-7-11-26)50-40(58)31(18-19-35(53)54)47-41(59)33(22-27-12-8-5-9-13-27)48-37(55)25(3)46-38(56)30(43)20-28-14-16-29(51)17-15-28/h5,8-9,12-17,24-26,30-33,36,51H,4,6-7,10-11,18-23,43H2,1-3H3,(H2,44,52)(H,45,57)(H,46,56)(H,47,59)(H,48,55)(H,49,60)(H,50,58)(H,53,54)/t25-,30+,31+,32+,33+,36+/m1/s1. The highest BCUT2D eigenvalue weighted by molar-refractivity contribution is 5.97. The van der Waals surface area contributed by atoms with E-state index in [9.17, 15) is 48.6 Å². The van der Waals surface area contributed by atoms with Crippen LogP contribution in [0.25, 0.3) is 0 Å². The smallest absolute Gasteiger partial charge is 0.303 e. The molecule has 0 aromatic heterocycles. The zero-order valence-corrected chi connectivity index (χ0v) is 34.4. The van der Waals surface area contributed by atoms with E-state index in [0.717, 1.165) is 32.1 Å². The fourth-order valence-electron chi connectivity index (χ4n) is 6.86. The highest BCUT2D eigenvalue weighted by atomic mass is 16.4. The van der Waals surface area contributed by atoms with Crippen molar-refractivity contribution in [3.05, 3.63) is 65.7 Å². The van der Waals surface area contributed by atoms with Gasteiger partial charge in [-0.15, -0.1) is 0 Å². The molecule has 2 aromatic rings. The van der Waals surface area contributed by atoms with E-state index in [1.54, 1.807) is 56.3 Å². The molecule has 7 amide bonds. The van der Waals surface area contributed by atoms with Gasteiger partial charge in [0, 0.05) is 12.8 Å². The van der Waals surface area contributed by atoms with Crippen molar-refractivity contribution in [2.75, 3.05) is 6.54 Å². The van der Waals surface area contributed by atoms with Crippen molar-refractivity contribution < 1.29 is 48.6 Å². The molecule has 0 radical (unpaired) electrons. The number of benzene rings is 2. The van der Waals surface area contributed by atoms with Crippen LogP contribution in [0.2, 0.25) is 0 Å². The van der Waals surface area contributed by atoms with E-state index in [4.69, 9.17) is 11.5 Å². The van der Waals surface area contributed by atoms with E-state index in [-0.39, 0.29) is 30.9 Å². The summed E-state index contributed by atoms with van der Waals surface area (Å²) in [6.45, 7) is 4.29. The van der Waals surface area contributed by atoms with E-state index < -0.39 is 102 Å². The molecule has 2 aromatic carbocycles. The Kier molecular flexibility index (Phi) is 19.4. The van der Waals surface area contributed by atoms with Crippen LogP contribution in [0, 0.1) is 11.8 Å². The molecule has 0 unspecified atom stereocenters. The number of carbonyl (C=O) groups is 8. The molecule has 1 aliphatic rings. The summed E-state index contributed by atoms with van der Waals surface area (Å²) >= 11 is 0. The average Bonchev–Trinajstić information content (AvgIpc) is 3.21. The van der Waals surface area contributed by atoms with Gasteiger partial charge in [0.15, 0.2) is 0 Å². The fourth-order valence-corrected chi connectivity index (χ4v) is 6.86. The monoisotopic (exact) mass is 836 g/mol. The van der Waals surface area contributed by atoms with Gasteiger partial charge in [-0.3, -0.25) is 38.4 Å². The Morgan fingerprint density at radius 1 is 0.667 bits per heavy atom. The first-order valence-corrected chi connectivity index (χ1v) is 20.3. The topological polar surface area (TPSA) is 301 Å². The summed E-state index contributed by atoms with van der Waals surface area (Å²) in [5.41, 5.74) is 12.6. The maximum atomic E-state index is 14.0. The van der Waals surface area contributed by atoms with Crippen molar-refractivity contribution >= 4 is 47.3 Å². The maximum absolute atomic E-state index is 14.0. The molecule has 3 rings (SSSR count). The van der Waals surface area contributed by atoms with Gasteiger partial charge in [-0.05, 0) is 61.3 Å². The predicted octanol–water partition coefficient (Wildman–Crippen LogP) is 0.0413. The molecule has 0 spiro atoms. The number of aliphatic carboxylic acids is 1. The third-order valence-corrected chi connectivity index (χ3v) is 10.3. The van der Waals surface area contributed by atoms with Crippen LogP contribution in [0.4, 0.5) is 0 Å². The first-order chi connectivity index (χ1) is 28.4. The van der Waals surface area contributed by atoms with Crippen LogP contribution in [0.15, 0.2) is 54.6 Å². The number of aromatic hydroxyl groups is 1. The Labute approximate surface area is 349 Å². The van der Waals surface area contributed by atoms with Gasteiger partial charge in [-0.2, -0.15) is 0 Å². The van der Waals surface area contributed by atoms with Gasteiger partial charge < -0.3 is 53.6 Å². The molecule has 0 bridgehead atoms. The molecule has 1 fully saturated rings. The van der Waals surface area contributed by atoms with Crippen molar-refractivity contribution in [3.8, 4) is 5.75 Å². The van der Waals surface area contributed by atoms with Crippen molar-refractivity contribution in [1.29, 1.82) is 0 Å². The Balaban J connectivity index is 1.77. The van der Waals surface area contributed by atoms with Crippen molar-refractivity contribution in [3.63, 3.8) is 0 Å². The largest absolute Gasteiger partial charge is 0.508 e. The number of nitrogens with one attached hydrogen (secondary N) is 6. The van der Waals surface area contributed by atoms with Crippen LogP contribution in [-0.2, 0) is 51.2 Å². The summed E-state index contributed by atoms with van der Waals surface area (Å²) < 4.78 is 0. The highest BCUT2D eigenvalue weighted by Gasteiger charge is 2.34. The summed E-state index contributed by atoms with van der Waals surface area (Å²) in [5.74, 6) is -6.79. The van der Waals surface area contributed by atoms with Crippen LogP contribution in [0.5, 0.6) is 5.75 Å². The van der Waals surface area contributed by atoms with Gasteiger partial charge in [-0.25, -0.2) is 0 Å². The lowest BCUT2D eigenvalue weighted by molar-refractivity contribution is -0.139. The third kappa shape index (κ3) is 16.7. The van der Waals surface area contributed by atoms with E-state index in [1.165, 1.54) is 19.1 Å². The Hall–Kier alpha value is -6.04. The third-order valence-electron chi connectivity index (χ3n) is 10.3. The molecule has 328 valence electrons. The number of amides is 7. The molecule has 12 N–H and O–H groups in total. The van der Waals surface area contributed by atoms with Crippen molar-refractivity contribution in [2.24, 2.45) is 23.3 Å². The molecule has 18 nitrogen and oxygen atoms in total. The molecule has 0 aliphatic heterocycles. The molecule has 1 aliphatic carbocycles. The van der Waals surface area contributed by atoms with Crippen molar-refractivity contribution in [1.82, 2.24) is 31.9 Å². The quantitative estimate of drug-likeness (QED) is 0.0713.